The molecular formula is C21H33NO2. The largest absolute Gasteiger partial charge is 0.462 e. The van der Waals surface area contributed by atoms with Gasteiger partial charge < -0.3 is 10.0 Å². The Hall–Kier alpha value is -1.35. The van der Waals surface area contributed by atoms with Gasteiger partial charge in [0.1, 0.15) is 1.41 Å². The van der Waals surface area contributed by atoms with E-state index in [0.717, 1.165) is 24.0 Å². The Morgan fingerprint density at radius 3 is 2.54 bits per heavy atom. The number of rotatable bonds is 4. The highest BCUT2D eigenvalue weighted by Gasteiger charge is 2.48. The molecule has 1 heterocycles. The van der Waals surface area contributed by atoms with Gasteiger partial charge in [0, 0.05) is 11.1 Å². The fourth-order valence-electron chi connectivity index (χ4n) is 3.82. The first-order valence-corrected chi connectivity index (χ1v) is 9.07. The van der Waals surface area contributed by atoms with Crippen molar-refractivity contribution in [2.75, 3.05) is 0 Å². The third-order valence-electron chi connectivity index (χ3n) is 5.54. The van der Waals surface area contributed by atoms with Crippen molar-refractivity contribution in [2.24, 2.45) is 5.92 Å². The summed E-state index contributed by atoms with van der Waals surface area (Å²) in [6.45, 7) is 14.2. The number of carbonyl (C=O) groups excluding carboxylic acids is 1. The molecule has 0 aliphatic carbocycles. The van der Waals surface area contributed by atoms with Crippen LogP contribution in [-0.4, -0.2) is 23.2 Å². The van der Waals surface area contributed by atoms with Crippen LogP contribution in [0.4, 0.5) is 0 Å². The van der Waals surface area contributed by atoms with Crippen LogP contribution in [0.5, 0.6) is 0 Å². The third-order valence-corrected chi connectivity index (χ3v) is 5.54. The average Bonchev–Trinajstić information content (AvgIpc) is 2.51. The van der Waals surface area contributed by atoms with E-state index in [1.54, 1.807) is 5.31 Å². The summed E-state index contributed by atoms with van der Waals surface area (Å²) < 4.78 is 14.5. The minimum atomic E-state index is -0.603. The molecule has 1 aromatic carbocycles. The van der Waals surface area contributed by atoms with Gasteiger partial charge in [-0.1, -0.05) is 31.2 Å². The molecule has 1 aliphatic rings. The van der Waals surface area contributed by atoms with Gasteiger partial charge in [0.25, 0.3) is 0 Å². The molecule has 3 heteroatoms. The molecule has 1 saturated heterocycles. The van der Waals surface area contributed by atoms with Gasteiger partial charge in [-0.2, -0.15) is 0 Å². The summed E-state index contributed by atoms with van der Waals surface area (Å²) >= 11 is 0. The van der Waals surface area contributed by atoms with E-state index in [-0.39, 0.29) is 17.6 Å². The van der Waals surface area contributed by atoms with Crippen molar-refractivity contribution in [1.82, 2.24) is 5.31 Å². The Morgan fingerprint density at radius 1 is 1.33 bits per heavy atom. The minimum absolute atomic E-state index is 0.169. The zero-order chi connectivity index (χ0) is 19.0. The Labute approximate surface area is 148 Å². The molecule has 0 aromatic heterocycles. The van der Waals surface area contributed by atoms with Gasteiger partial charge >= 0.3 is 5.97 Å². The molecule has 24 heavy (non-hydrogen) atoms. The highest BCUT2D eigenvalue weighted by atomic mass is 16.5. The first-order valence-electron chi connectivity index (χ1n) is 9.51. The predicted octanol–water partition coefficient (Wildman–Crippen LogP) is 4.59. The maximum Gasteiger partial charge on any atom is 0.315 e. The van der Waals surface area contributed by atoms with Crippen LogP contribution in [0.2, 0.25) is 1.41 Å². The molecule has 2 rings (SSSR count). The maximum absolute atomic E-state index is 13.1. The summed E-state index contributed by atoms with van der Waals surface area (Å²) in [5.41, 5.74) is 1.14. The van der Waals surface area contributed by atoms with Crippen molar-refractivity contribution in [1.29, 1.82) is 0 Å². The number of esters is 1. The zero-order valence-corrected chi connectivity index (χ0v) is 16.2. The molecular weight excluding hydrogens is 298 g/mol. The van der Waals surface area contributed by atoms with Gasteiger partial charge in [-0.25, -0.2) is 0 Å². The van der Waals surface area contributed by atoms with Crippen molar-refractivity contribution in [2.45, 2.75) is 84.4 Å². The van der Waals surface area contributed by atoms with Crippen molar-refractivity contribution in [3.05, 3.63) is 35.4 Å². The van der Waals surface area contributed by atoms with Crippen LogP contribution < -0.4 is 5.31 Å². The summed E-state index contributed by atoms with van der Waals surface area (Å²) in [5, 5.41) is 1.67. The molecule has 1 unspecified atom stereocenters. The monoisotopic (exact) mass is 332 g/mol. The second kappa shape index (κ2) is 6.87. The Kier molecular flexibility index (Phi) is 5.00. The van der Waals surface area contributed by atoms with Crippen LogP contribution in [0.15, 0.2) is 24.3 Å². The summed E-state index contributed by atoms with van der Waals surface area (Å²) in [6.07, 6.45) is 1.63. The van der Waals surface area contributed by atoms with E-state index >= 15 is 0 Å². The summed E-state index contributed by atoms with van der Waals surface area (Å²) in [7, 11) is 0. The molecule has 0 saturated carbocycles. The lowest BCUT2D eigenvalue weighted by Crippen LogP contribution is -2.64. The van der Waals surface area contributed by atoms with E-state index in [1.807, 2.05) is 52.0 Å². The predicted molar refractivity (Wildman–Crippen MR) is 99.2 cm³/mol. The van der Waals surface area contributed by atoms with E-state index in [4.69, 9.17) is 6.15 Å². The lowest BCUT2D eigenvalue weighted by atomic mass is 9.68. The molecule has 1 aromatic rings. The highest BCUT2D eigenvalue weighted by Crippen LogP contribution is 2.42. The number of piperidine rings is 1. The van der Waals surface area contributed by atoms with Crippen LogP contribution in [0.25, 0.3) is 0 Å². The van der Waals surface area contributed by atoms with Crippen LogP contribution >= 0.6 is 0 Å². The maximum atomic E-state index is 13.1. The number of benzene rings is 1. The number of hydrogen-bond donors (Lipinski definition) is 1. The molecule has 1 aliphatic heterocycles. The van der Waals surface area contributed by atoms with Gasteiger partial charge in [-0.05, 0) is 71.4 Å². The fraction of sp³-hybridized carbons (Fsp3) is 0.667. The molecule has 0 bridgehead atoms. The molecule has 1 N–H and O–H groups in total. The quantitative estimate of drug-likeness (QED) is 0.820. The van der Waals surface area contributed by atoms with E-state index < -0.39 is 11.5 Å². The molecule has 1 fully saturated rings. The van der Waals surface area contributed by atoms with Crippen LogP contribution in [0.3, 0.4) is 0 Å². The number of nitrogens with one attached hydrogen (secondary N) is 1. The summed E-state index contributed by atoms with van der Waals surface area (Å²) in [5.74, 6) is -0.300. The van der Waals surface area contributed by atoms with Crippen LogP contribution in [-0.2, 0) is 9.53 Å². The summed E-state index contributed by atoms with van der Waals surface area (Å²) in [4.78, 5) is 13.1. The van der Waals surface area contributed by atoms with Crippen molar-refractivity contribution >= 4 is 5.97 Å². The number of hydrogen-bond acceptors (Lipinski definition) is 3. The first kappa shape index (κ1) is 17.5. The van der Waals surface area contributed by atoms with E-state index in [9.17, 15) is 4.79 Å². The molecule has 0 radical (unpaired) electrons. The molecule has 3 nitrogen and oxygen atoms in total. The van der Waals surface area contributed by atoms with Crippen LogP contribution in [0.1, 0.15) is 71.4 Å². The Balaban J connectivity index is 2.55. The Bertz CT molecular complexity index is 628. The second-order valence-corrected chi connectivity index (χ2v) is 8.34. The third kappa shape index (κ3) is 3.83. The SMILES string of the molecule is [2H]N1C(C)(C)C(C)CC[C@]1(C)[C@H](C(=O)OC(C)C)c1ccccc1C. The molecule has 3 atom stereocenters. The van der Waals surface area contributed by atoms with Gasteiger partial charge in [-0.3, -0.25) is 4.79 Å². The van der Waals surface area contributed by atoms with Crippen molar-refractivity contribution in [3.63, 3.8) is 0 Å². The first-order chi connectivity index (χ1) is 11.5. The van der Waals surface area contributed by atoms with Gasteiger partial charge in [-0.15, -0.1) is 0 Å². The minimum Gasteiger partial charge on any atom is -0.462 e. The lowest BCUT2D eigenvalue weighted by molar-refractivity contribution is -0.152. The van der Waals surface area contributed by atoms with Crippen molar-refractivity contribution in [3.8, 4) is 0 Å². The second-order valence-electron chi connectivity index (χ2n) is 8.34. The fourth-order valence-corrected chi connectivity index (χ4v) is 3.82. The van der Waals surface area contributed by atoms with E-state index in [1.165, 1.54) is 0 Å². The number of carbonyl (C=O) groups is 1. The smallest absolute Gasteiger partial charge is 0.315 e. The lowest BCUT2D eigenvalue weighted by Gasteiger charge is -2.51. The van der Waals surface area contributed by atoms with Crippen LogP contribution in [0, 0.1) is 12.8 Å². The Morgan fingerprint density at radius 2 is 1.96 bits per heavy atom. The number of aryl methyl sites for hydroxylation is 1. The van der Waals surface area contributed by atoms with Crippen molar-refractivity contribution < 1.29 is 10.9 Å². The van der Waals surface area contributed by atoms with E-state index in [0.29, 0.717) is 5.92 Å². The topological polar surface area (TPSA) is 38.3 Å². The normalized spacial score (nSPS) is 29.2. The molecule has 0 amide bonds. The standard InChI is InChI=1S/C21H33NO2/c1-14(2)24-19(23)18(17-11-9-8-10-15(17)3)21(7)13-12-16(4)20(5,6)22-21/h8-11,14,16,18,22H,12-13H2,1-7H3/t16?,18-,21+/m0/s1/i/hD. The average molecular weight is 333 g/mol. The van der Waals surface area contributed by atoms with Gasteiger partial charge in [0.15, 0.2) is 0 Å². The van der Waals surface area contributed by atoms with Gasteiger partial charge in [0.2, 0.25) is 0 Å². The zero-order valence-electron chi connectivity index (χ0n) is 17.2. The molecule has 0 spiro atoms. The highest BCUT2D eigenvalue weighted by molar-refractivity contribution is 5.81. The number of ether oxygens (including phenoxy) is 1. The van der Waals surface area contributed by atoms with E-state index in [2.05, 4.69) is 20.8 Å². The molecule has 134 valence electrons. The van der Waals surface area contributed by atoms with Gasteiger partial charge in [0.05, 0.1) is 12.0 Å². The summed E-state index contributed by atoms with van der Waals surface area (Å²) in [6, 6.07) is 7.98.